The van der Waals surface area contributed by atoms with Gasteiger partial charge in [0.25, 0.3) is 0 Å². The molecule has 29 heavy (non-hydrogen) atoms. The summed E-state index contributed by atoms with van der Waals surface area (Å²) in [7, 11) is 60.1. The Hall–Kier alpha value is -1.83. The van der Waals surface area contributed by atoms with Crippen LogP contribution < -0.4 is 54.6 Å². The number of aryl methyl sites for hydroxylation is 1. The van der Waals surface area contributed by atoms with Crippen LogP contribution in [0.4, 0.5) is 0 Å². The van der Waals surface area contributed by atoms with Crippen LogP contribution >= 0.6 is 0 Å². The van der Waals surface area contributed by atoms with Gasteiger partial charge in [-0.05, 0) is 18.6 Å². The molecule has 0 saturated carbocycles. The average Bonchev–Trinajstić information content (AvgIpc) is 2.67. The fourth-order valence-corrected chi connectivity index (χ4v) is 3.02. The van der Waals surface area contributed by atoms with Crippen LogP contribution in [0.3, 0.4) is 0 Å². The highest BCUT2D eigenvalue weighted by molar-refractivity contribution is 6.69. The molecular formula is C17H4B10N2. The number of nitrogens with zero attached hydrogens (tertiary/aromatic N) is 2. The number of rotatable bonds is 2. The third-order valence-electron chi connectivity index (χ3n) is 4.73. The average molecular weight is 344 g/mol. The van der Waals surface area contributed by atoms with Crippen molar-refractivity contribution in [3.05, 3.63) is 11.8 Å². The molecule has 0 unspecified atom stereocenters. The minimum Gasteiger partial charge on any atom is -0.233 e. The zero-order chi connectivity index (χ0) is 21.8. The van der Waals surface area contributed by atoms with Gasteiger partial charge in [0.05, 0.1) is 5.69 Å². The van der Waals surface area contributed by atoms with Crippen LogP contribution in [0.15, 0.2) is 6.07 Å². The molecule has 0 bridgehead atoms. The van der Waals surface area contributed by atoms with Gasteiger partial charge in [-0.1, -0.05) is 21.9 Å². The van der Waals surface area contributed by atoms with E-state index >= 15 is 0 Å². The molecule has 1 aromatic heterocycles. The maximum atomic E-state index is 6.15. The molecule has 0 spiro atoms. The second-order valence-electron chi connectivity index (χ2n) is 6.60. The number of hydrogen-bond acceptors (Lipinski definition) is 2. The van der Waals surface area contributed by atoms with Gasteiger partial charge in [0, 0.05) is 11.3 Å². The summed E-state index contributed by atoms with van der Waals surface area (Å²) in [6, 6.07) is 1.65. The van der Waals surface area contributed by atoms with E-state index in [1.165, 1.54) is 0 Å². The molecule has 0 aliphatic heterocycles. The molecule has 0 atom stereocenters. The molecule has 20 radical (unpaired) electrons. The van der Waals surface area contributed by atoms with Crippen molar-refractivity contribution in [3.63, 3.8) is 0 Å². The molecule has 0 fully saturated rings. The van der Waals surface area contributed by atoms with Gasteiger partial charge in [0.15, 0.2) is 5.82 Å². The van der Waals surface area contributed by atoms with Crippen molar-refractivity contribution in [2.24, 2.45) is 0 Å². The highest BCUT2D eigenvalue weighted by Crippen LogP contribution is 2.17. The van der Waals surface area contributed by atoms with Crippen molar-refractivity contribution >= 4 is 133 Å². The van der Waals surface area contributed by atoms with Gasteiger partial charge in [0.1, 0.15) is 78.5 Å². The summed E-state index contributed by atoms with van der Waals surface area (Å²) < 4.78 is 0. The first-order valence-corrected chi connectivity index (χ1v) is 8.36. The summed E-state index contributed by atoms with van der Waals surface area (Å²) in [5.41, 5.74) is 2.48. The molecule has 3 rings (SSSR count). The first-order valence-electron chi connectivity index (χ1n) is 8.36. The van der Waals surface area contributed by atoms with Crippen molar-refractivity contribution in [1.82, 2.24) is 9.97 Å². The lowest BCUT2D eigenvalue weighted by atomic mass is 9.60. The Labute approximate surface area is 184 Å². The second kappa shape index (κ2) is 7.78. The number of hydrogen-bond donors (Lipinski definition) is 0. The second-order valence-corrected chi connectivity index (χ2v) is 6.60. The van der Waals surface area contributed by atoms with Crippen LogP contribution in [0.5, 0.6) is 0 Å². The Morgan fingerprint density at radius 1 is 0.483 bits per heavy atom. The van der Waals surface area contributed by atoms with Crippen molar-refractivity contribution < 1.29 is 0 Å². The Balaban J connectivity index is 2.37. The molecular weight excluding hydrogens is 340 g/mol. The highest BCUT2D eigenvalue weighted by atomic mass is 14.9. The smallest absolute Gasteiger partial charge is 0.158 e. The lowest BCUT2D eigenvalue weighted by Crippen LogP contribution is -2.55. The highest BCUT2D eigenvalue weighted by Gasteiger charge is 2.18. The maximum Gasteiger partial charge on any atom is 0.158 e. The Kier molecular flexibility index (Phi) is 5.86. The molecule has 2 aromatic carbocycles. The molecule has 3 aromatic rings. The van der Waals surface area contributed by atoms with E-state index in [2.05, 4.69) is 9.97 Å². The van der Waals surface area contributed by atoms with E-state index in [1.54, 1.807) is 13.0 Å². The van der Waals surface area contributed by atoms with Gasteiger partial charge in [-0.3, -0.25) is 0 Å². The minimum atomic E-state index is 0.0818. The van der Waals surface area contributed by atoms with Crippen molar-refractivity contribution in [1.29, 1.82) is 0 Å². The standard InChI is InChI=1S/C17H4B10N2/c1-3-2-4(5-7(18)11(22)15(26)12(23)8(5)19)29-17(28-3)6-9(20)13(24)16(27)14(25)10(6)21/h2H,1H3. The molecule has 0 amide bonds. The first kappa shape index (κ1) is 21.9. The summed E-state index contributed by atoms with van der Waals surface area (Å²) >= 11 is 0. The summed E-state index contributed by atoms with van der Waals surface area (Å²) in [4.78, 5) is 8.90. The normalized spacial score (nSPS) is 10.9. The van der Waals surface area contributed by atoms with Gasteiger partial charge in [-0.2, -0.15) is 0 Å². The zero-order valence-electron chi connectivity index (χ0n) is 15.7. The number of aromatic nitrogens is 2. The minimum absolute atomic E-state index is 0.0818. The third kappa shape index (κ3) is 3.49. The fourth-order valence-electron chi connectivity index (χ4n) is 3.02. The molecule has 0 N–H and O–H groups in total. The van der Waals surface area contributed by atoms with Gasteiger partial charge >= 0.3 is 0 Å². The van der Waals surface area contributed by atoms with Crippen LogP contribution in [0.1, 0.15) is 5.69 Å². The quantitative estimate of drug-likeness (QED) is 0.432. The molecule has 1 heterocycles. The number of benzene rings is 2. The lowest BCUT2D eigenvalue weighted by Gasteiger charge is -2.23. The molecule has 0 aliphatic rings. The SMILES string of the molecule is [B]c1c([B])c([B])c(-c2cc(C)nc(-c3c([B])c([B])c([B])c([B])c3[B])n2)c([B])c1[B]. The molecule has 0 aliphatic carbocycles. The van der Waals surface area contributed by atoms with E-state index < -0.39 is 0 Å². The molecule has 2 nitrogen and oxygen atoms in total. The van der Waals surface area contributed by atoms with Gasteiger partial charge in [-0.15, -0.1) is 32.8 Å². The zero-order valence-corrected chi connectivity index (χ0v) is 15.7. The van der Waals surface area contributed by atoms with Crippen molar-refractivity contribution in [3.8, 4) is 22.6 Å². The topological polar surface area (TPSA) is 25.8 Å². The van der Waals surface area contributed by atoms with Crippen LogP contribution in [0.25, 0.3) is 22.6 Å². The van der Waals surface area contributed by atoms with E-state index in [4.69, 9.17) is 78.5 Å². The van der Waals surface area contributed by atoms with E-state index in [9.17, 15) is 0 Å². The predicted molar refractivity (Wildman–Crippen MR) is 132 cm³/mol. The van der Waals surface area contributed by atoms with Crippen molar-refractivity contribution in [2.75, 3.05) is 0 Å². The Morgan fingerprint density at radius 2 is 0.828 bits per heavy atom. The van der Waals surface area contributed by atoms with Crippen LogP contribution in [-0.2, 0) is 0 Å². The van der Waals surface area contributed by atoms with E-state index in [0.717, 1.165) is 0 Å². The summed E-state index contributed by atoms with van der Waals surface area (Å²) in [5.74, 6) is 0.154. The largest absolute Gasteiger partial charge is 0.233 e. The Morgan fingerprint density at radius 3 is 1.24 bits per heavy atom. The lowest BCUT2D eigenvalue weighted by molar-refractivity contribution is 1.12. The summed E-state index contributed by atoms with van der Waals surface area (Å²) in [6.07, 6.45) is 0. The summed E-state index contributed by atoms with van der Waals surface area (Å²) in [6.45, 7) is 1.74. The van der Waals surface area contributed by atoms with E-state index in [-0.39, 0.29) is 66.0 Å². The molecule has 0 saturated heterocycles. The maximum absolute atomic E-state index is 6.15. The van der Waals surface area contributed by atoms with Crippen LogP contribution in [-0.4, -0.2) is 88.4 Å². The third-order valence-corrected chi connectivity index (χ3v) is 4.73. The van der Waals surface area contributed by atoms with Crippen LogP contribution in [0.2, 0.25) is 0 Å². The predicted octanol–water partition coefficient (Wildman–Crippen LogP) is -7.94. The monoisotopic (exact) mass is 346 g/mol. The van der Waals surface area contributed by atoms with E-state index in [1.807, 2.05) is 0 Å². The summed E-state index contributed by atoms with van der Waals surface area (Å²) in [5, 5.41) is 0. The fraction of sp³-hybridized carbons (Fsp3) is 0.0588. The van der Waals surface area contributed by atoms with E-state index in [0.29, 0.717) is 17.0 Å². The first-order chi connectivity index (χ1) is 13.5. The molecule has 12 heteroatoms. The molecule has 112 valence electrons. The van der Waals surface area contributed by atoms with Gasteiger partial charge in [0.2, 0.25) is 0 Å². The van der Waals surface area contributed by atoms with Gasteiger partial charge in [-0.25, -0.2) is 9.97 Å². The Bertz CT molecular complexity index is 1030. The van der Waals surface area contributed by atoms with Gasteiger partial charge < -0.3 is 0 Å². The van der Waals surface area contributed by atoms with Crippen molar-refractivity contribution in [2.45, 2.75) is 6.92 Å². The van der Waals surface area contributed by atoms with Crippen LogP contribution in [0, 0.1) is 6.92 Å².